The highest BCUT2D eigenvalue weighted by Gasteiger charge is 2.26. The van der Waals surface area contributed by atoms with Gasteiger partial charge >= 0.3 is 0 Å². The molecule has 4 rings (SSSR count). The highest BCUT2D eigenvalue weighted by Crippen LogP contribution is 2.36. The van der Waals surface area contributed by atoms with Crippen molar-refractivity contribution in [1.29, 1.82) is 0 Å². The lowest BCUT2D eigenvalue weighted by Crippen LogP contribution is -2.34. The van der Waals surface area contributed by atoms with E-state index >= 15 is 0 Å². The number of anilines is 1. The Hall–Kier alpha value is -4.06. The van der Waals surface area contributed by atoms with Gasteiger partial charge in [0.05, 0.1) is 45.9 Å². The monoisotopic (exact) mass is 500 g/mol. The highest BCUT2D eigenvalue weighted by atomic mass is 16.5. The maximum absolute atomic E-state index is 5.55. The van der Waals surface area contributed by atoms with E-state index in [0.29, 0.717) is 0 Å². The lowest BCUT2D eigenvalue weighted by Gasteiger charge is -2.28. The van der Waals surface area contributed by atoms with Crippen molar-refractivity contribution in [3.8, 4) is 23.0 Å². The van der Waals surface area contributed by atoms with E-state index in [1.165, 1.54) is 18.4 Å². The molecular weight excluding hydrogens is 464 g/mol. The summed E-state index contributed by atoms with van der Waals surface area (Å²) in [5, 5.41) is 2.17. The first-order chi connectivity index (χ1) is 18.1. The zero-order chi connectivity index (χ0) is 26.2. The number of methoxy groups -OCH3 is 4. The highest BCUT2D eigenvalue weighted by molar-refractivity contribution is 5.61. The molecule has 0 saturated carbocycles. The van der Waals surface area contributed by atoms with Crippen LogP contribution in [0, 0.1) is 0 Å². The van der Waals surface area contributed by atoms with Crippen LogP contribution in [0.15, 0.2) is 78.5 Å². The van der Waals surface area contributed by atoms with Gasteiger partial charge in [0.2, 0.25) is 0 Å². The summed E-state index contributed by atoms with van der Waals surface area (Å²) in [4.78, 5) is 0. The van der Waals surface area contributed by atoms with E-state index < -0.39 is 0 Å². The minimum Gasteiger partial charge on any atom is -0.497 e. The van der Waals surface area contributed by atoms with Gasteiger partial charge in [0, 0.05) is 12.1 Å². The molecule has 194 valence electrons. The summed E-state index contributed by atoms with van der Waals surface area (Å²) in [7, 11) is 6.65. The Labute approximate surface area is 220 Å². The van der Waals surface area contributed by atoms with E-state index in [1.54, 1.807) is 28.4 Å². The number of ether oxygens (including phenoxy) is 4. The summed E-state index contributed by atoms with van der Waals surface area (Å²) in [6.45, 7) is 2.22. The smallest absolute Gasteiger partial charge is 0.123 e. The molecule has 1 aliphatic rings. The summed E-state index contributed by atoms with van der Waals surface area (Å²) in [5.74, 6) is 3.01. The zero-order valence-electron chi connectivity index (χ0n) is 22.3. The summed E-state index contributed by atoms with van der Waals surface area (Å²) in [6, 6.07) is 20.5. The second kappa shape index (κ2) is 12.3. The van der Waals surface area contributed by atoms with Gasteiger partial charge in [-0.15, -0.1) is 0 Å². The van der Waals surface area contributed by atoms with Crippen LogP contribution in [0.1, 0.15) is 42.5 Å². The molecule has 0 aliphatic carbocycles. The molecule has 1 heterocycles. The van der Waals surface area contributed by atoms with E-state index in [4.69, 9.17) is 18.9 Å². The van der Waals surface area contributed by atoms with Gasteiger partial charge in [-0.05, 0) is 78.1 Å². The molecule has 1 N–H and O–H groups in total. The fourth-order valence-corrected chi connectivity index (χ4v) is 4.37. The van der Waals surface area contributed by atoms with Gasteiger partial charge in [-0.3, -0.25) is 10.4 Å². The first kappa shape index (κ1) is 26.0. The predicted octanol–water partition coefficient (Wildman–Crippen LogP) is 6.73. The fraction of sp³-hybridized carbons (Fsp3) is 0.290. The van der Waals surface area contributed by atoms with Gasteiger partial charge in [0.15, 0.2) is 0 Å². The van der Waals surface area contributed by atoms with Crippen LogP contribution in [-0.4, -0.2) is 28.4 Å². The number of aryl methyl sites for hydroxylation is 1. The van der Waals surface area contributed by atoms with Crippen LogP contribution >= 0.6 is 0 Å². The molecule has 6 nitrogen and oxygen atoms in total. The van der Waals surface area contributed by atoms with Crippen LogP contribution in [0.4, 0.5) is 5.69 Å². The lowest BCUT2D eigenvalue weighted by atomic mass is 10.0. The molecule has 1 unspecified atom stereocenters. The molecule has 3 aromatic carbocycles. The molecule has 0 bridgehead atoms. The van der Waals surface area contributed by atoms with Crippen molar-refractivity contribution in [2.24, 2.45) is 0 Å². The molecular formula is C31H36N2O4. The van der Waals surface area contributed by atoms with Crippen molar-refractivity contribution in [2.45, 2.75) is 32.2 Å². The number of unbranched alkanes of at least 4 members (excludes halogenated alkanes) is 1. The van der Waals surface area contributed by atoms with Crippen LogP contribution in [-0.2, 0) is 6.42 Å². The standard InChI is InChI=1S/C31H36N2O4/c1-6-7-8-22-10-13-26(14-11-22)33-31(24-17-29(36-4)21-30(18-24)37-5)19-25(32-33)12-9-23-15-27(34-2)20-28(16-23)35-3/h9-21,31-32H,6-8H2,1-5H3. The fourth-order valence-electron chi connectivity index (χ4n) is 4.37. The van der Waals surface area contributed by atoms with Crippen molar-refractivity contribution < 1.29 is 18.9 Å². The Balaban J connectivity index is 1.67. The molecule has 0 spiro atoms. The first-order valence-electron chi connectivity index (χ1n) is 12.6. The maximum atomic E-state index is 5.55. The van der Waals surface area contributed by atoms with Crippen molar-refractivity contribution in [3.05, 3.63) is 95.2 Å². The minimum atomic E-state index is -0.0648. The molecule has 0 aromatic heterocycles. The molecule has 6 heteroatoms. The van der Waals surface area contributed by atoms with E-state index in [1.807, 2.05) is 42.5 Å². The molecule has 0 radical (unpaired) electrons. The molecule has 0 saturated heterocycles. The average Bonchev–Trinajstić information content (AvgIpc) is 3.39. The van der Waals surface area contributed by atoms with Crippen molar-refractivity contribution in [2.75, 3.05) is 33.4 Å². The summed E-state index contributed by atoms with van der Waals surface area (Å²) >= 11 is 0. The molecule has 1 atom stereocenters. The maximum Gasteiger partial charge on any atom is 0.123 e. The van der Waals surface area contributed by atoms with E-state index in [0.717, 1.165) is 51.9 Å². The third-order valence-electron chi connectivity index (χ3n) is 6.44. The second-order valence-corrected chi connectivity index (χ2v) is 8.94. The number of nitrogens with one attached hydrogen (secondary N) is 1. The van der Waals surface area contributed by atoms with Gasteiger partial charge in [-0.1, -0.05) is 31.6 Å². The summed E-state index contributed by atoms with van der Waals surface area (Å²) in [5.41, 5.74) is 9.03. The van der Waals surface area contributed by atoms with Crippen molar-refractivity contribution in [1.82, 2.24) is 5.43 Å². The number of hydrogen-bond acceptors (Lipinski definition) is 6. The average molecular weight is 501 g/mol. The Kier molecular flexibility index (Phi) is 8.62. The number of hydrogen-bond donors (Lipinski definition) is 1. The van der Waals surface area contributed by atoms with Crippen LogP contribution in [0.2, 0.25) is 0 Å². The summed E-state index contributed by atoms with van der Waals surface area (Å²) < 4.78 is 21.9. The lowest BCUT2D eigenvalue weighted by molar-refractivity contribution is 0.393. The number of nitrogens with zero attached hydrogens (tertiary/aromatic N) is 1. The van der Waals surface area contributed by atoms with Crippen molar-refractivity contribution in [3.63, 3.8) is 0 Å². The van der Waals surface area contributed by atoms with Crippen LogP contribution in [0.25, 0.3) is 6.08 Å². The van der Waals surface area contributed by atoms with Crippen LogP contribution < -0.4 is 29.4 Å². The Morgan fingerprint density at radius 2 is 1.32 bits per heavy atom. The third-order valence-corrected chi connectivity index (χ3v) is 6.44. The number of hydrazine groups is 1. The Morgan fingerprint density at radius 1 is 0.757 bits per heavy atom. The Bertz CT molecular complexity index is 1210. The number of allylic oxidation sites excluding steroid dienone is 1. The van der Waals surface area contributed by atoms with Crippen molar-refractivity contribution >= 4 is 11.8 Å². The molecule has 37 heavy (non-hydrogen) atoms. The van der Waals surface area contributed by atoms with Gasteiger partial charge in [-0.25, -0.2) is 0 Å². The number of benzene rings is 3. The van der Waals surface area contributed by atoms with Gasteiger partial charge < -0.3 is 18.9 Å². The zero-order valence-corrected chi connectivity index (χ0v) is 22.3. The van der Waals surface area contributed by atoms with Crippen LogP contribution in [0.5, 0.6) is 23.0 Å². The SMILES string of the molecule is CCCCc1ccc(N2NC(C=Cc3cc(OC)cc(OC)c3)=CC2c2cc(OC)cc(OC)c2)cc1. The third kappa shape index (κ3) is 6.39. The normalized spacial score (nSPS) is 14.9. The molecule has 0 fully saturated rings. The predicted molar refractivity (Wildman–Crippen MR) is 150 cm³/mol. The first-order valence-corrected chi connectivity index (χ1v) is 12.6. The van der Waals surface area contributed by atoms with Gasteiger partial charge in [-0.2, -0.15) is 0 Å². The molecule has 0 amide bonds. The Morgan fingerprint density at radius 3 is 1.86 bits per heavy atom. The largest absolute Gasteiger partial charge is 0.497 e. The molecule has 3 aromatic rings. The van der Waals surface area contributed by atoms with Crippen LogP contribution in [0.3, 0.4) is 0 Å². The number of rotatable bonds is 11. The topological polar surface area (TPSA) is 52.2 Å². The quantitative estimate of drug-likeness (QED) is 0.315. The van der Waals surface area contributed by atoms with Gasteiger partial charge in [0.1, 0.15) is 23.0 Å². The van der Waals surface area contributed by atoms with Gasteiger partial charge in [0.25, 0.3) is 0 Å². The molecule has 1 aliphatic heterocycles. The van der Waals surface area contributed by atoms with E-state index in [9.17, 15) is 0 Å². The second-order valence-electron chi connectivity index (χ2n) is 8.94. The minimum absolute atomic E-state index is 0.0648. The summed E-state index contributed by atoms with van der Waals surface area (Å²) in [6.07, 6.45) is 9.79. The van der Waals surface area contributed by atoms with E-state index in [-0.39, 0.29) is 6.04 Å². The van der Waals surface area contributed by atoms with E-state index in [2.05, 4.69) is 53.8 Å².